The number of ether oxygens (including phenoxy) is 2. The number of carbonyl (C=O) groups excluding carboxylic acids is 1. The lowest BCUT2D eigenvalue weighted by atomic mass is 9.91. The van der Waals surface area contributed by atoms with E-state index in [9.17, 15) is 4.79 Å². The van der Waals surface area contributed by atoms with E-state index < -0.39 is 0 Å². The van der Waals surface area contributed by atoms with Crippen LogP contribution in [0, 0.1) is 11.3 Å². The first kappa shape index (κ1) is 16.7. The van der Waals surface area contributed by atoms with Crippen molar-refractivity contribution in [1.82, 2.24) is 10.2 Å². The molecule has 0 aromatic heterocycles. The van der Waals surface area contributed by atoms with E-state index in [0.29, 0.717) is 11.3 Å². The first-order chi connectivity index (χ1) is 12.2. The second-order valence-corrected chi connectivity index (χ2v) is 7.67. The van der Waals surface area contributed by atoms with Crippen molar-refractivity contribution < 1.29 is 14.3 Å². The van der Waals surface area contributed by atoms with E-state index in [4.69, 9.17) is 9.47 Å². The Morgan fingerprint density at radius 3 is 2.68 bits per heavy atom. The van der Waals surface area contributed by atoms with E-state index in [-0.39, 0.29) is 12.0 Å². The predicted octanol–water partition coefficient (Wildman–Crippen LogP) is 2.76. The second-order valence-electron chi connectivity index (χ2n) is 7.67. The van der Waals surface area contributed by atoms with E-state index in [1.54, 1.807) is 14.2 Å². The number of piperidine rings is 1. The number of likely N-dealkylation sites (tertiary alicyclic amines) is 1. The Bertz CT molecular complexity index is 654. The molecule has 5 heteroatoms. The highest BCUT2D eigenvalue weighted by Gasteiger charge is 2.59. The zero-order chi connectivity index (χ0) is 17.4. The number of hydrogen-bond acceptors (Lipinski definition) is 4. The average Bonchev–Trinajstić information content (AvgIpc) is 3.12. The maximum Gasteiger partial charge on any atom is 0.226 e. The fraction of sp³-hybridized carbons (Fsp3) is 0.650. The highest BCUT2D eigenvalue weighted by Crippen LogP contribution is 2.60. The lowest BCUT2D eigenvalue weighted by molar-refractivity contribution is -0.134. The van der Waals surface area contributed by atoms with Crippen LogP contribution in [0.25, 0.3) is 0 Å². The first-order valence-electron chi connectivity index (χ1n) is 9.42. The van der Waals surface area contributed by atoms with Crippen LogP contribution < -0.4 is 14.8 Å². The zero-order valence-corrected chi connectivity index (χ0v) is 15.2. The van der Waals surface area contributed by atoms with Gasteiger partial charge in [0.15, 0.2) is 11.5 Å². The van der Waals surface area contributed by atoms with Crippen molar-refractivity contribution in [1.29, 1.82) is 0 Å². The molecule has 0 bridgehead atoms. The number of rotatable bonds is 4. The number of amides is 1. The van der Waals surface area contributed by atoms with Gasteiger partial charge in [0.1, 0.15) is 0 Å². The Kier molecular flexibility index (Phi) is 4.36. The molecule has 1 aliphatic carbocycles. The van der Waals surface area contributed by atoms with Gasteiger partial charge in [-0.1, -0.05) is 6.07 Å². The quantitative estimate of drug-likeness (QED) is 0.912. The van der Waals surface area contributed by atoms with Gasteiger partial charge in [-0.05, 0) is 68.3 Å². The molecule has 0 radical (unpaired) electrons. The summed E-state index contributed by atoms with van der Waals surface area (Å²) in [5.41, 5.74) is 1.45. The van der Waals surface area contributed by atoms with Crippen LogP contribution in [0.4, 0.5) is 0 Å². The minimum absolute atomic E-state index is 0.173. The molecule has 136 valence electrons. The molecular weight excluding hydrogens is 316 g/mol. The Hall–Kier alpha value is -1.75. The largest absolute Gasteiger partial charge is 0.493 e. The van der Waals surface area contributed by atoms with Gasteiger partial charge in [-0.2, -0.15) is 0 Å². The Morgan fingerprint density at radius 2 is 1.96 bits per heavy atom. The summed E-state index contributed by atoms with van der Waals surface area (Å²) in [7, 11) is 3.30. The van der Waals surface area contributed by atoms with Crippen LogP contribution in [-0.2, 0) is 4.79 Å². The van der Waals surface area contributed by atoms with Crippen molar-refractivity contribution in [2.24, 2.45) is 11.3 Å². The molecule has 1 amide bonds. The van der Waals surface area contributed by atoms with Crippen LogP contribution >= 0.6 is 0 Å². The molecule has 4 rings (SSSR count). The van der Waals surface area contributed by atoms with Gasteiger partial charge in [-0.3, -0.25) is 4.79 Å². The van der Waals surface area contributed by atoms with Crippen LogP contribution in [0.15, 0.2) is 18.2 Å². The van der Waals surface area contributed by atoms with Gasteiger partial charge >= 0.3 is 0 Å². The Balaban J connectivity index is 1.52. The summed E-state index contributed by atoms with van der Waals surface area (Å²) in [6.45, 7) is 2.99. The fourth-order valence-electron chi connectivity index (χ4n) is 4.81. The smallest absolute Gasteiger partial charge is 0.226 e. The molecule has 25 heavy (non-hydrogen) atoms. The van der Waals surface area contributed by atoms with Crippen LogP contribution in [-0.4, -0.2) is 44.7 Å². The summed E-state index contributed by atoms with van der Waals surface area (Å²) >= 11 is 0. The van der Waals surface area contributed by atoms with Crippen molar-refractivity contribution in [3.05, 3.63) is 23.8 Å². The molecule has 3 fully saturated rings. The molecule has 2 heterocycles. The van der Waals surface area contributed by atoms with E-state index in [1.807, 2.05) is 12.1 Å². The minimum Gasteiger partial charge on any atom is -0.493 e. The SMILES string of the molecule is COc1ccc(C2CCCN2C(=O)C2CC23CCNCC3)cc1OC. The molecule has 5 nitrogen and oxygen atoms in total. The molecule has 2 aliphatic heterocycles. The van der Waals surface area contributed by atoms with Gasteiger partial charge in [0, 0.05) is 12.5 Å². The maximum absolute atomic E-state index is 13.2. The van der Waals surface area contributed by atoms with Crippen LogP contribution in [0.5, 0.6) is 11.5 Å². The first-order valence-corrected chi connectivity index (χ1v) is 9.42. The summed E-state index contributed by atoms with van der Waals surface area (Å²) < 4.78 is 10.8. The summed E-state index contributed by atoms with van der Waals surface area (Å²) in [5.74, 6) is 2.09. The summed E-state index contributed by atoms with van der Waals surface area (Å²) in [5, 5.41) is 3.42. The van der Waals surface area contributed by atoms with E-state index >= 15 is 0 Å². The highest BCUT2D eigenvalue weighted by molar-refractivity contribution is 5.83. The van der Waals surface area contributed by atoms with Crippen LogP contribution in [0.1, 0.15) is 43.7 Å². The van der Waals surface area contributed by atoms with Gasteiger partial charge in [0.2, 0.25) is 5.91 Å². The number of nitrogens with zero attached hydrogens (tertiary/aromatic N) is 1. The highest BCUT2D eigenvalue weighted by atomic mass is 16.5. The summed E-state index contributed by atoms with van der Waals surface area (Å²) in [4.78, 5) is 15.3. The van der Waals surface area contributed by atoms with Crippen LogP contribution in [0.2, 0.25) is 0 Å². The van der Waals surface area contributed by atoms with Gasteiger partial charge in [0.05, 0.1) is 20.3 Å². The van der Waals surface area contributed by atoms with Crippen LogP contribution in [0.3, 0.4) is 0 Å². The van der Waals surface area contributed by atoms with Gasteiger partial charge in [-0.25, -0.2) is 0 Å². The molecule has 2 unspecified atom stereocenters. The predicted molar refractivity (Wildman–Crippen MR) is 95.9 cm³/mol. The minimum atomic E-state index is 0.173. The van der Waals surface area contributed by atoms with Gasteiger partial charge in [0.25, 0.3) is 0 Å². The lowest BCUT2D eigenvalue weighted by Gasteiger charge is -2.28. The Labute approximate surface area is 149 Å². The third-order valence-electron chi connectivity index (χ3n) is 6.42. The monoisotopic (exact) mass is 344 g/mol. The second kappa shape index (κ2) is 6.52. The molecule has 1 aromatic carbocycles. The fourth-order valence-corrected chi connectivity index (χ4v) is 4.81. The molecular formula is C20H28N2O3. The topological polar surface area (TPSA) is 50.8 Å². The normalized spacial score (nSPS) is 27.4. The van der Waals surface area contributed by atoms with E-state index in [2.05, 4.69) is 16.3 Å². The van der Waals surface area contributed by atoms with Gasteiger partial charge in [-0.15, -0.1) is 0 Å². The molecule has 1 aromatic rings. The average molecular weight is 344 g/mol. The molecule has 2 atom stereocenters. The number of methoxy groups -OCH3 is 2. The third-order valence-corrected chi connectivity index (χ3v) is 6.42. The van der Waals surface area contributed by atoms with E-state index in [1.165, 1.54) is 0 Å². The maximum atomic E-state index is 13.2. The third kappa shape index (κ3) is 2.88. The van der Waals surface area contributed by atoms with Crippen molar-refractivity contribution in [3.63, 3.8) is 0 Å². The number of nitrogens with one attached hydrogen (secondary N) is 1. The van der Waals surface area contributed by atoms with Gasteiger partial charge < -0.3 is 19.7 Å². The number of benzene rings is 1. The summed E-state index contributed by atoms with van der Waals surface area (Å²) in [6.07, 6.45) is 5.49. The molecule has 1 saturated carbocycles. The lowest BCUT2D eigenvalue weighted by Crippen LogP contribution is -2.36. The van der Waals surface area contributed by atoms with Crippen molar-refractivity contribution >= 4 is 5.91 Å². The standard InChI is InChI=1S/C20H28N2O3/c1-24-17-6-5-14(12-18(17)25-2)16-4-3-11-22(16)19(23)15-13-20(15)7-9-21-10-8-20/h5-6,12,15-16,21H,3-4,7-11,13H2,1-2H3. The number of carbonyl (C=O) groups is 1. The Morgan fingerprint density at radius 1 is 1.20 bits per heavy atom. The van der Waals surface area contributed by atoms with E-state index in [0.717, 1.165) is 68.8 Å². The molecule has 3 aliphatic rings. The van der Waals surface area contributed by atoms with Crippen molar-refractivity contribution in [2.75, 3.05) is 33.9 Å². The zero-order valence-electron chi connectivity index (χ0n) is 15.2. The molecule has 1 N–H and O–H groups in total. The molecule has 1 spiro atoms. The summed E-state index contributed by atoms with van der Waals surface area (Å²) in [6, 6.07) is 6.22. The van der Waals surface area contributed by atoms with Crippen molar-refractivity contribution in [2.45, 2.75) is 38.1 Å². The number of hydrogen-bond donors (Lipinski definition) is 1. The van der Waals surface area contributed by atoms with Crippen molar-refractivity contribution in [3.8, 4) is 11.5 Å². The molecule has 2 saturated heterocycles.